The minimum atomic E-state index is -10.7. The molecule has 0 unspecified atom stereocenters. The SMILES string of the molecule is C[N+]1(C)CCNCC1.F[P-](F)(F)(F)(F)F. The molecule has 0 amide bonds. The molecule has 1 aliphatic rings. The molecule has 0 atom stereocenters. The summed E-state index contributed by atoms with van der Waals surface area (Å²) in [5.74, 6) is 0. The third-order valence-electron chi connectivity index (χ3n) is 1.79. The van der Waals surface area contributed by atoms with Gasteiger partial charge < -0.3 is 9.80 Å². The molecule has 1 saturated heterocycles. The Bertz CT molecular complexity index is 199. The number of likely N-dealkylation sites (N-methyl/N-ethyl adjacent to an activating group) is 1. The Morgan fingerprint density at radius 1 is 0.867 bits per heavy atom. The van der Waals surface area contributed by atoms with Crippen molar-refractivity contribution in [2.24, 2.45) is 0 Å². The van der Waals surface area contributed by atoms with Crippen molar-refractivity contribution in [3.05, 3.63) is 0 Å². The van der Waals surface area contributed by atoms with Gasteiger partial charge in [0.05, 0.1) is 27.2 Å². The molecule has 96 valence electrons. The summed E-state index contributed by atoms with van der Waals surface area (Å²) in [6, 6.07) is 0. The van der Waals surface area contributed by atoms with Crippen molar-refractivity contribution in [2.45, 2.75) is 0 Å². The van der Waals surface area contributed by atoms with E-state index in [1.807, 2.05) is 0 Å². The first-order valence-electron chi connectivity index (χ1n) is 4.25. The molecule has 0 spiro atoms. The van der Waals surface area contributed by atoms with Crippen LogP contribution in [0.2, 0.25) is 0 Å². The maximum atomic E-state index is 9.87. The van der Waals surface area contributed by atoms with Crippen molar-refractivity contribution in [1.29, 1.82) is 0 Å². The molecule has 0 saturated carbocycles. The quantitative estimate of drug-likeness (QED) is 0.401. The van der Waals surface area contributed by atoms with Crippen molar-refractivity contribution in [1.82, 2.24) is 5.32 Å². The predicted molar refractivity (Wildman–Crippen MR) is 48.3 cm³/mol. The van der Waals surface area contributed by atoms with E-state index < -0.39 is 7.81 Å². The molecule has 9 heteroatoms. The molecule has 0 aromatic carbocycles. The number of nitrogens with zero attached hydrogens (tertiary/aromatic N) is 1. The van der Waals surface area contributed by atoms with Crippen LogP contribution in [0.5, 0.6) is 0 Å². The summed E-state index contributed by atoms with van der Waals surface area (Å²) in [4.78, 5) is 0. The fourth-order valence-electron chi connectivity index (χ4n) is 1.00. The van der Waals surface area contributed by atoms with Crippen LogP contribution in [0.1, 0.15) is 0 Å². The van der Waals surface area contributed by atoms with E-state index in [1.165, 1.54) is 30.7 Å². The monoisotopic (exact) mass is 260 g/mol. The molecule has 0 bridgehead atoms. The Balaban J connectivity index is 0.000000265. The van der Waals surface area contributed by atoms with Gasteiger partial charge in [-0.1, -0.05) is 0 Å². The second kappa shape index (κ2) is 3.46. The molecule has 1 fully saturated rings. The number of quaternary nitrogens is 1. The summed E-state index contributed by atoms with van der Waals surface area (Å²) in [7, 11) is -6.10. The van der Waals surface area contributed by atoms with E-state index in [9.17, 15) is 25.2 Å². The average molecular weight is 260 g/mol. The Morgan fingerprint density at radius 2 is 1.13 bits per heavy atom. The molecule has 15 heavy (non-hydrogen) atoms. The van der Waals surface area contributed by atoms with E-state index in [4.69, 9.17) is 0 Å². The van der Waals surface area contributed by atoms with Crippen LogP contribution in [0.15, 0.2) is 0 Å². The summed E-state index contributed by atoms with van der Waals surface area (Å²) in [5, 5.41) is 3.32. The maximum absolute atomic E-state index is 10.7. The van der Waals surface area contributed by atoms with Gasteiger partial charge in [-0.05, 0) is 0 Å². The van der Waals surface area contributed by atoms with Gasteiger partial charge in [-0.3, -0.25) is 0 Å². The van der Waals surface area contributed by atoms with Crippen LogP contribution < -0.4 is 5.32 Å². The standard InChI is InChI=1S/C6H15N2.F6P/c1-8(2)5-3-7-4-6-8;1-7(2,3,4,5)6/h7H,3-6H2,1-2H3;/q+1;-1. The molecule has 2 nitrogen and oxygen atoms in total. The summed E-state index contributed by atoms with van der Waals surface area (Å²) < 4.78 is 60.4. The van der Waals surface area contributed by atoms with Gasteiger partial charge in [0.1, 0.15) is 0 Å². The summed E-state index contributed by atoms with van der Waals surface area (Å²) in [5.41, 5.74) is 0. The zero-order chi connectivity index (χ0) is 12.4. The fraction of sp³-hybridized carbons (Fsp3) is 1.00. The van der Waals surface area contributed by atoms with E-state index in [0.29, 0.717) is 0 Å². The number of nitrogens with one attached hydrogen (secondary N) is 1. The molecule has 0 radical (unpaired) electrons. The van der Waals surface area contributed by atoms with Crippen LogP contribution in [0.25, 0.3) is 0 Å². The molecule has 1 heterocycles. The van der Waals surface area contributed by atoms with Gasteiger partial charge in [-0.2, -0.15) is 0 Å². The second-order valence-electron chi connectivity index (χ2n) is 4.09. The first-order valence-corrected chi connectivity index (χ1v) is 6.28. The predicted octanol–water partition coefficient (Wildman–Crippen LogP) is 3.05. The Kier molecular flexibility index (Phi) is 3.45. The van der Waals surface area contributed by atoms with Gasteiger partial charge in [-0.25, -0.2) is 0 Å². The third kappa shape index (κ3) is 20.1. The molecule has 1 aliphatic heterocycles. The first-order chi connectivity index (χ1) is 6.16. The number of piperazine rings is 1. The molecule has 0 aromatic rings. The fourth-order valence-corrected chi connectivity index (χ4v) is 1.00. The normalized spacial score (nSPS) is 25.6. The second-order valence-corrected chi connectivity index (χ2v) is 6.01. The van der Waals surface area contributed by atoms with Crippen molar-refractivity contribution in [2.75, 3.05) is 40.3 Å². The first kappa shape index (κ1) is 14.9. The van der Waals surface area contributed by atoms with Crippen LogP contribution in [-0.2, 0) is 0 Å². The van der Waals surface area contributed by atoms with E-state index in [2.05, 4.69) is 19.4 Å². The van der Waals surface area contributed by atoms with E-state index in [1.54, 1.807) is 0 Å². The van der Waals surface area contributed by atoms with Crippen LogP contribution in [0.4, 0.5) is 25.2 Å². The van der Waals surface area contributed by atoms with Gasteiger partial charge in [0, 0.05) is 13.1 Å². The zero-order valence-electron chi connectivity index (χ0n) is 8.49. The zero-order valence-corrected chi connectivity index (χ0v) is 9.39. The van der Waals surface area contributed by atoms with Gasteiger partial charge in [0.15, 0.2) is 0 Å². The van der Waals surface area contributed by atoms with Crippen LogP contribution in [-0.4, -0.2) is 44.8 Å². The van der Waals surface area contributed by atoms with Crippen LogP contribution >= 0.6 is 7.81 Å². The number of rotatable bonds is 0. The number of halogens is 6. The van der Waals surface area contributed by atoms with E-state index in [0.717, 1.165) is 0 Å². The molecular formula is C6H15F6N2P. The summed E-state index contributed by atoms with van der Waals surface area (Å²) in [6.45, 7) is 4.93. The Hall–Kier alpha value is -0.0700. The van der Waals surface area contributed by atoms with E-state index in [-0.39, 0.29) is 0 Å². The molecule has 0 aliphatic carbocycles. The molecule has 0 aromatic heterocycles. The van der Waals surface area contributed by atoms with Gasteiger partial charge in [0.25, 0.3) is 0 Å². The number of hydrogen-bond acceptors (Lipinski definition) is 1. The van der Waals surface area contributed by atoms with Gasteiger partial charge in [-0.15, -0.1) is 0 Å². The van der Waals surface area contributed by atoms with Crippen molar-refractivity contribution in [3.8, 4) is 0 Å². The van der Waals surface area contributed by atoms with Gasteiger partial charge in [0.2, 0.25) is 0 Å². The molecule has 1 N–H and O–H groups in total. The van der Waals surface area contributed by atoms with Crippen molar-refractivity contribution >= 4 is 7.81 Å². The average Bonchev–Trinajstić information content (AvgIpc) is 1.78. The van der Waals surface area contributed by atoms with E-state index >= 15 is 0 Å². The molecular weight excluding hydrogens is 245 g/mol. The number of hydrogen-bond donors (Lipinski definition) is 1. The van der Waals surface area contributed by atoms with Crippen molar-refractivity contribution < 1.29 is 29.7 Å². The third-order valence-corrected chi connectivity index (χ3v) is 1.79. The topological polar surface area (TPSA) is 12.0 Å². The van der Waals surface area contributed by atoms with Crippen molar-refractivity contribution in [3.63, 3.8) is 0 Å². The van der Waals surface area contributed by atoms with Crippen LogP contribution in [0.3, 0.4) is 0 Å². The Labute approximate surface area is 84.1 Å². The molecule has 1 rings (SSSR count). The summed E-state index contributed by atoms with van der Waals surface area (Å²) in [6.07, 6.45) is 0. The van der Waals surface area contributed by atoms with Crippen LogP contribution in [0, 0.1) is 0 Å². The summed E-state index contributed by atoms with van der Waals surface area (Å²) >= 11 is 0. The van der Waals surface area contributed by atoms with Gasteiger partial charge >= 0.3 is 33.0 Å². The Morgan fingerprint density at radius 3 is 1.27 bits per heavy atom. The minimum absolute atomic E-state index is 1.19.